The summed E-state index contributed by atoms with van der Waals surface area (Å²) in [6, 6.07) is 7.59. The van der Waals surface area contributed by atoms with Crippen molar-refractivity contribution in [1.29, 1.82) is 0 Å². The summed E-state index contributed by atoms with van der Waals surface area (Å²) in [5.41, 5.74) is 5.42. The number of hydrogen-bond acceptors (Lipinski definition) is 1. The van der Waals surface area contributed by atoms with Gasteiger partial charge in [-0.05, 0) is 31.4 Å². The maximum atomic E-state index is 13.6. The molecule has 2 rings (SSSR count). The summed E-state index contributed by atoms with van der Waals surface area (Å²) in [6.07, 6.45) is 0.945. The molecule has 0 radical (unpaired) electrons. The molecule has 82 valence electrons. The first kappa shape index (κ1) is 10.9. The highest BCUT2D eigenvalue weighted by Gasteiger charge is 2.53. The Morgan fingerprint density at radius 1 is 1.40 bits per heavy atom. The third kappa shape index (κ3) is 1.77. The Morgan fingerprint density at radius 2 is 2.00 bits per heavy atom. The maximum Gasteiger partial charge on any atom is 0.110 e. The predicted molar refractivity (Wildman–Crippen MR) is 60.9 cm³/mol. The fourth-order valence-corrected chi connectivity index (χ4v) is 3.03. The van der Waals surface area contributed by atoms with Crippen molar-refractivity contribution in [2.45, 2.75) is 30.8 Å². The van der Waals surface area contributed by atoms with Gasteiger partial charge in [0.15, 0.2) is 0 Å². The molecule has 0 amide bonds. The summed E-state index contributed by atoms with van der Waals surface area (Å²) in [7, 11) is 0. The average molecular weight is 228 g/mol. The Kier molecular flexibility index (Phi) is 2.52. The summed E-state index contributed by atoms with van der Waals surface area (Å²) >= 11 is 6.12. The minimum Gasteiger partial charge on any atom is -0.330 e. The van der Waals surface area contributed by atoms with Crippen LogP contribution in [0.4, 0.5) is 4.39 Å². The predicted octanol–water partition coefficient (Wildman–Crippen LogP) is 3.06. The average Bonchev–Trinajstić information content (AvgIpc) is 2.14. The van der Waals surface area contributed by atoms with Gasteiger partial charge in [-0.25, -0.2) is 4.39 Å². The van der Waals surface area contributed by atoms with Crippen molar-refractivity contribution in [2.24, 2.45) is 5.73 Å². The normalized spacial score (nSPS) is 34.9. The molecule has 1 fully saturated rings. The second-order valence-electron chi connectivity index (χ2n) is 4.73. The first-order valence-corrected chi connectivity index (χ1v) is 5.51. The Balaban J connectivity index is 2.34. The van der Waals surface area contributed by atoms with Crippen LogP contribution < -0.4 is 5.73 Å². The molecule has 0 unspecified atom stereocenters. The molecule has 0 bridgehead atoms. The van der Waals surface area contributed by atoms with Crippen molar-refractivity contribution < 1.29 is 4.39 Å². The molecular weight excluding hydrogens is 213 g/mol. The van der Waals surface area contributed by atoms with E-state index in [1.54, 1.807) is 6.92 Å². The standard InChI is InChI=1S/C12H15ClFN/c1-11(14)6-12(7-11,8-15)9-4-2-3-5-10(9)13/h2-5H,6-8,15H2,1H3. The van der Waals surface area contributed by atoms with E-state index in [1.165, 1.54) is 0 Å². The van der Waals surface area contributed by atoms with Crippen LogP contribution in [0.2, 0.25) is 5.02 Å². The molecule has 0 aliphatic heterocycles. The van der Waals surface area contributed by atoms with E-state index >= 15 is 0 Å². The molecule has 3 heteroatoms. The summed E-state index contributed by atoms with van der Waals surface area (Å²) < 4.78 is 13.6. The van der Waals surface area contributed by atoms with E-state index in [1.807, 2.05) is 24.3 Å². The number of nitrogens with two attached hydrogens (primary N) is 1. The van der Waals surface area contributed by atoms with E-state index in [4.69, 9.17) is 17.3 Å². The van der Waals surface area contributed by atoms with Crippen molar-refractivity contribution in [3.63, 3.8) is 0 Å². The highest BCUT2D eigenvalue weighted by Crippen LogP contribution is 2.53. The lowest BCUT2D eigenvalue weighted by Gasteiger charge is -2.50. The number of benzene rings is 1. The molecule has 0 saturated heterocycles. The molecule has 1 aliphatic carbocycles. The Hall–Kier alpha value is -0.600. The van der Waals surface area contributed by atoms with Crippen LogP contribution in [-0.2, 0) is 5.41 Å². The quantitative estimate of drug-likeness (QED) is 0.826. The van der Waals surface area contributed by atoms with Gasteiger partial charge in [-0.1, -0.05) is 29.8 Å². The lowest BCUT2D eigenvalue weighted by Crippen LogP contribution is -2.54. The van der Waals surface area contributed by atoms with Crippen molar-refractivity contribution in [3.05, 3.63) is 34.9 Å². The zero-order chi connectivity index (χ0) is 11.1. The van der Waals surface area contributed by atoms with Crippen molar-refractivity contribution in [3.8, 4) is 0 Å². The molecule has 0 heterocycles. The smallest absolute Gasteiger partial charge is 0.110 e. The zero-order valence-electron chi connectivity index (χ0n) is 8.76. The van der Waals surface area contributed by atoms with Gasteiger partial charge in [0.05, 0.1) is 0 Å². The fourth-order valence-electron chi connectivity index (χ4n) is 2.70. The van der Waals surface area contributed by atoms with Gasteiger partial charge in [-0.15, -0.1) is 0 Å². The molecular formula is C12H15ClFN. The molecule has 0 spiro atoms. The van der Waals surface area contributed by atoms with Crippen LogP contribution in [0.15, 0.2) is 24.3 Å². The van der Waals surface area contributed by atoms with E-state index < -0.39 is 5.67 Å². The van der Waals surface area contributed by atoms with Gasteiger partial charge in [0.25, 0.3) is 0 Å². The maximum absolute atomic E-state index is 13.6. The van der Waals surface area contributed by atoms with Gasteiger partial charge in [-0.3, -0.25) is 0 Å². The molecule has 0 atom stereocenters. The van der Waals surface area contributed by atoms with Gasteiger partial charge >= 0.3 is 0 Å². The van der Waals surface area contributed by atoms with Gasteiger partial charge in [0.1, 0.15) is 5.67 Å². The topological polar surface area (TPSA) is 26.0 Å². The number of hydrogen-bond donors (Lipinski definition) is 1. The van der Waals surface area contributed by atoms with Crippen LogP contribution in [0, 0.1) is 0 Å². The first-order chi connectivity index (χ1) is 6.99. The highest BCUT2D eigenvalue weighted by molar-refractivity contribution is 6.31. The first-order valence-electron chi connectivity index (χ1n) is 5.13. The minimum atomic E-state index is -1.08. The summed E-state index contributed by atoms with van der Waals surface area (Å²) in [5.74, 6) is 0. The largest absolute Gasteiger partial charge is 0.330 e. The van der Waals surface area contributed by atoms with E-state index in [2.05, 4.69) is 0 Å². The molecule has 1 nitrogen and oxygen atoms in total. The van der Waals surface area contributed by atoms with Crippen LogP contribution in [0.25, 0.3) is 0 Å². The molecule has 1 aromatic carbocycles. The number of rotatable bonds is 2. The van der Waals surface area contributed by atoms with E-state index in [0.29, 0.717) is 24.4 Å². The molecule has 1 aromatic rings. The van der Waals surface area contributed by atoms with E-state index in [9.17, 15) is 4.39 Å². The Bertz CT molecular complexity index is 368. The third-order valence-corrected chi connectivity index (χ3v) is 3.58. The van der Waals surface area contributed by atoms with Crippen LogP contribution in [-0.4, -0.2) is 12.2 Å². The van der Waals surface area contributed by atoms with Crippen LogP contribution in [0.1, 0.15) is 25.3 Å². The second-order valence-corrected chi connectivity index (χ2v) is 5.14. The highest BCUT2D eigenvalue weighted by atomic mass is 35.5. The molecule has 15 heavy (non-hydrogen) atoms. The van der Waals surface area contributed by atoms with Crippen molar-refractivity contribution in [1.82, 2.24) is 0 Å². The molecule has 2 N–H and O–H groups in total. The molecule has 1 aliphatic rings. The number of halogens is 2. The zero-order valence-corrected chi connectivity index (χ0v) is 9.52. The van der Waals surface area contributed by atoms with Gasteiger partial charge < -0.3 is 5.73 Å². The van der Waals surface area contributed by atoms with Gasteiger partial charge in [0, 0.05) is 17.0 Å². The lowest BCUT2D eigenvalue weighted by atomic mass is 9.57. The Labute approximate surface area is 94.4 Å². The van der Waals surface area contributed by atoms with Crippen LogP contribution >= 0.6 is 11.6 Å². The van der Waals surface area contributed by atoms with Crippen LogP contribution in [0.3, 0.4) is 0 Å². The molecule has 0 aromatic heterocycles. The second kappa shape index (κ2) is 3.46. The minimum absolute atomic E-state index is 0.248. The van der Waals surface area contributed by atoms with E-state index in [-0.39, 0.29) is 5.41 Å². The van der Waals surface area contributed by atoms with Crippen molar-refractivity contribution in [2.75, 3.05) is 6.54 Å². The molecule has 1 saturated carbocycles. The summed E-state index contributed by atoms with van der Waals surface area (Å²) in [4.78, 5) is 0. The fraction of sp³-hybridized carbons (Fsp3) is 0.500. The van der Waals surface area contributed by atoms with Gasteiger partial charge in [-0.2, -0.15) is 0 Å². The lowest BCUT2D eigenvalue weighted by molar-refractivity contribution is 0.00280. The van der Waals surface area contributed by atoms with Crippen molar-refractivity contribution >= 4 is 11.6 Å². The monoisotopic (exact) mass is 227 g/mol. The Morgan fingerprint density at radius 3 is 2.47 bits per heavy atom. The SMILES string of the molecule is CC1(F)CC(CN)(c2ccccc2Cl)C1. The number of alkyl halides is 1. The summed E-state index contributed by atoms with van der Waals surface area (Å²) in [6.45, 7) is 2.08. The van der Waals surface area contributed by atoms with Crippen LogP contribution in [0.5, 0.6) is 0 Å². The van der Waals surface area contributed by atoms with Gasteiger partial charge in [0.2, 0.25) is 0 Å². The summed E-state index contributed by atoms with van der Waals surface area (Å²) in [5, 5.41) is 0.693. The van der Waals surface area contributed by atoms with E-state index in [0.717, 1.165) is 5.56 Å². The third-order valence-electron chi connectivity index (χ3n) is 3.25.